The second kappa shape index (κ2) is 5.98. The average Bonchev–Trinajstić information content (AvgIpc) is 2.97. The van der Waals surface area contributed by atoms with Crippen LogP contribution in [-0.4, -0.2) is 25.8 Å². The van der Waals surface area contributed by atoms with E-state index in [1.165, 1.54) is 17.7 Å². The predicted molar refractivity (Wildman–Crippen MR) is 73.8 cm³/mol. The molecule has 0 aliphatic carbocycles. The smallest absolute Gasteiger partial charge is 0.0588 e. The minimum absolute atomic E-state index is 0.241. The van der Waals surface area contributed by atoms with Crippen molar-refractivity contribution in [2.75, 3.05) is 19.7 Å². The van der Waals surface area contributed by atoms with Gasteiger partial charge in [-0.15, -0.1) is 11.3 Å². The molecule has 0 spiro atoms. The Morgan fingerprint density at radius 1 is 1.53 bits per heavy atom. The molecule has 0 aromatic carbocycles. The van der Waals surface area contributed by atoms with Crippen molar-refractivity contribution in [1.29, 1.82) is 0 Å². The van der Waals surface area contributed by atoms with Crippen LogP contribution in [0.25, 0.3) is 0 Å². The quantitative estimate of drug-likeness (QED) is 0.786. The summed E-state index contributed by atoms with van der Waals surface area (Å²) in [5.74, 6) is 0. The summed E-state index contributed by atoms with van der Waals surface area (Å²) in [5.41, 5.74) is 0.241. The van der Waals surface area contributed by atoms with Crippen molar-refractivity contribution in [2.45, 2.75) is 44.6 Å². The molecular weight excluding hydrogens is 230 g/mol. The molecule has 2 heterocycles. The van der Waals surface area contributed by atoms with Gasteiger partial charge in [0.15, 0.2) is 0 Å². The lowest BCUT2D eigenvalue weighted by Crippen LogP contribution is -2.33. The van der Waals surface area contributed by atoms with E-state index < -0.39 is 0 Å². The van der Waals surface area contributed by atoms with Crippen LogP contribution in [-0.2, 0) is 10.2 Å². The number of hydrogen-bond donors (Lipinski definition) is 1. The number of rotatable bonds is 6. The highest BCUT2D eigenvalue weighted by Gasteiger charge is 2.21. The molecule has 0 amide bonds. The summed E-state index contributed by atoms with van der Waals surface area (Å²) in [6.07, 6.45) is 4.15. The van der Waals surface area contributed by atoms with Crippen molar-refractivity contribution in [3.05, 3.63) is 22.4 Å². The first-order valence-electron chi connectivity index (χ1n) is 6.55. The summed E-state index contributed by atoms with van der Waals surface area (Å²) in [7, 11) is 0. The Morgan fingerprint density at radius 2 is 2.41 bits per heavy atom. The number of thiophene rings is 1. The minimum atomic E-state index is 0.241. The van der Waals surface area contributed by atoms with Gasteiger partial charge in [-0.05, 0) is 37.3 Å². The van der Waals surface area contributed by atoms with Crippen LogP contribution in [0.15, 0.2) is 17.5 Å². The van der Waals surface area contributed by atoms with Crippen molar-refractivity contribution in [3.8, 4) is 0 Å². The number of nitrogens with one attached hydrogen (secondary N) is 1. The monoisotopic (exact) mass is 253 g/mol. The predicted octanol–water partition coefficient (Wildman–Crippen LogP) is 3.18. The van der Waals surface area contributed by atoms with Gasteiger partial charge in [0.2, 0.25) is 0 Å². The van der Waals surface area contributed by atoms with Gasteiger partial charge in [0.25, 0.3) is 0 Å². The average molecular weight is 253 g/mol. The van der Waals surface area contributed by atoms with Crippen LogP contribution in [0.3, 0.4) is 0 Å². The normalized spacial score (nSPS) is 20.9. The molecule has 1 aliphatic rings. The summed E-state index contributed by atoms with van der Waals surface area (Å²) in [6, 6.07) is 4.36. The first kappa shape index (κ1) is 13.1. The lowest BCUT2D eigenvalue weighted by molar-refractivity contribution is 0.104. The summed E-state index contributed by atoms with van der Waals surface area (Å²) in [4.78, 5) is 1.46. The van der Waals surface area contributed by atoms with Gasteiger partial charge in [-0.3, -0.25) is 0 Å². The molecule has 0 radical (unpaired) electrons. The fourth-order valence-corrected chi connectivity index (χ4v) is 3.14. The van der Waals surface area contributed by atoms with Gasteiger partial charge in [-0.2, -0.15) is 0 Å². The minimum Gasteiger partial charge on any atom is -0.378 e. The Kier molecular flexibility index (Phi) is 4.60. The number of ether oxygens (including phenoxy) is 1. The molecule has 17 heavy (non-hydrogen) atoms. The lowest BCUT2D eigenvalue weighted by Gasteiger charge is -2.24. The van der Waals surface area contributed by atoms with Crippen LogP contribution in [0.2, 0.25) is 0 Å². The fraction of sp³-hybridized carbons (Fsp3) is 0.714. The second-order valence-electron chi connectivity index (χ2n) is 5.46. The molecule has 1 aromatic heterocycles. The third-order valence-electron chi connectivity index (χ3n) is 3.42. The zero-order valence-corrected chi connectivity index (χ0v) is 11.7. The maximum Gasteiger partial charge on any atom is 0.0588 e. The molecule has 96 valence electrons. The van der Waals surface area contributed by atoms with Gasteiger partial charge in [-0.1, -0.05) is 19.9 Å². The van der Waals surface area contributed by atoms with Gasteiger partial charge in [0.1, 0.15) is 0 Å². The van der Waals surface area contributed by atoms with Crippen LogP contribution in [0.1, 0.15) is 38.0 Å². The zero-order valence-electron chi connectivity index (χ0n) is 10.9. The van der Waals surface area contributed by atoms with Crippen molar-refractivity contribution < 1.29 is 4.74 Å². The molecule has 1 unspecified atom stereocenters. The Morgan fingerprint density at radius 3 is 3.06 bits per heavy atom. The maximum atomic E-state index is 5.62. The van der Waals surface area contributed by atoms with Gasteiger partial charge >= 0.3 is 0 Å². The fourth-order valence-electron chi connectivity index (χ4n) is 2.29. The van der Waals surface area contributed by atoms with Gasteiger partial charge in [-0.25, -0.2) is 0 Å². The van der Waals surface area contributed by atoms with E-state index in [4.69, 9.17) is 4.74 Å². The molecule has 3 heteroatoms. The first-order chi connectivity index (χ1) is 8.18. The van der Waals surface area contributed by atoms with Crippen LogP contribution >= 0.6 is 11.3 Å². The molecule has 1 atom stereocenters. The molecule has 1 aliphatic heterocycles. The van der Waals surface area contributed by atoms with Crippen molar-refractivity contribution in [2.24, 2.45) is 0 Å². The molecule has 2 nitrogen and oxygen atoms in total. The lowest BCUT2D eigenvalue weighted by atomic mass is 9.91. The molecule has 1 aromatic rings. The third-order valence-corrected chi connectivity index (χ3v) is 4.66. The Balaban J connectivity index is 1.67. The van der Waals surface area contributed by atoms with E-state index >= 15 is 0 Å². The molecule has 0 saturated carbocycles. The molecule has 2 rings (SSSR count). The highest BCUT2D eigenvalue weighted by atomic mass is 32.1. The SMILES string of the molecule is CC(C)(CNCCC1CCCO1)c1cccs1. The van der Waals surface area contributed by atoms with E-state index in [1.807, 2.05) is 11.3 Å². The van der Waals surface area contributed by atoms with Gasteiger partial charge < -0.3 is 10.1 Å². The largest absolute Gasteiger partial charge is 0.378 e. The summed E-state index contributed by atoms with van der Waals surface area (Å²) in [5, 5.41) is 5.72. The van der Waals surface area contributed by atoms with Crippen molar-refractivity contribution in [3.63, 3.8) is 0 Å². The molecule has 1 fully saturated rings. The van der Waals surface area contributed by atoms with Crippen molar-refractivity contribution >= 4 is 11.3 Å². The molecule has 1 saturated heterocycles. The number of hydrogen-bond acceptors (Lipinski definition) is 3. The summed E-state index contributed by atoms with van der Waals surface area (Å²) in [6.45, 7) is 7.68. The Bertz CT molecular complexity index is 315. The van der Waals surface area contributed by atoms with E-state index in [-0.39, 0.29) is 5.41 Å². The van der Waals surface area contributed by atoms with Crippen LogP contribution in [0, 0.1) is 0 Å². The topological polar surface area (TPSA) is 21.3 Å². The summed E-state index contributed by atoms with van der Waals surface area (Å²) < 4.78 is 5.62. The summed E-state index contributed by atoms with van der Waals surface area (Å²) >= 11 is 1.85. The van der Waals surface area contributed by atoms with Crippen LogP contribution in [0.4, 0.5) is 0 Å². The highest BCUT2D eigenvalue weighted by Crippen LogP contribution is 2.26. The Hall–Kier alpha value is -0.380. The van der Waals surface area contributed by atoms with Gasteiger partial charge in [0.05, 0.1) is 6.10 Å². The van der Waals surface area contributed by atoms with Crippen molar-refractivity contribution in [1.82, 2.24) is 5.32 Å². The molecular formula is C14H23NOS. The van der Waals surface area contributed by atoms with Crippen LogP contribution in [0.5, 0.6) is 0 Å². The standard InChI is InChI=1S/C14H23NOS/c1-14(2,13-6-4-10-17-13)11-15-8-7-12-5-3-9-16-12/h4,6,10,12,15H,3,5,7-9,11H2,1-2H3. The highest BCUT2D eigenvalue weighted by molar-refractivity contribution is 7.10. The van der Waals surface area contributed by atoms with E-state index in [1.54, 1.807) is 0 Å². The Labute approximate surface area is 108 Å². The van der Waals surface area contributed by atoms with E-state index in [0.29, 0.717) is 6.10 Å². The second-order valence-corrected chi connectivity index (χ2v) is 6.41. The zero-order chi connectivity index (χ0) is 12.1. The first-order valence-corrected chi connectivity index (χ1v) is 7.43. The van der Waals surface area contributed by atoms with Gasteiger partial charge in [0, 0.05) is 23.4 Å². The van der Waals surface area contributed by atoms with E-state index in [9.17, 15) is 0 Å². The van der Waals surface area contributed by atoms with E-state index in [0.717, 1.165) is 26.1 Å². The third kappa shape index (κ3) is 3.80. The van der Waals surface area contributed by atoms with E-state index in [2.05, 4.69) is 36.7 Å². The van der Waals surface area contributed by atoms with Crippen LogP contribution < -0.4 is 5.32 Å². The molecule has 1 N–H and O–H groups in total. The maximum absolute atomic E-state index is 5.62. The molecule has 0 bridgehead atoms.